The average Bonchev–Trinajstić information content (AvgIpc) is 2.36. The van der Waals surface area contributed by atoms with E-state index in [1.807, 2.05) is 44.4 Å². The van der Waals surface area contributed by atoms with Gasteiger partial charge in [0.25, 0.3) is 0 Å². The van der Waals surface area contributed by atoms with Crippen LogP contribution in [0.25, 0.3) is 0 Å². The van der Waals surface area contributed by atoms with E-state index in [1.165, 1.54) is 0 Å². The Morgan fingerprint density at radius 3 is 2.72 bits per heavy atom. The summed E-state index contributed by atoms with van der Waals surface area (Å²) in [5.41, 5.74) is 3.37. The summed E-state index contributed by atoms with van der Waals surface area (Å²) in [6.45, 7) is 1.60. The van der Waals surface area contributed by atoms with Gasteiger partial charge in [0.15, 0.2) is 0 Å². The maximum Gasteiger partial charge on any atom is 0.335 e. The number of rotatable bonds is 6. The van der Waals surface area contributed by atoms with E-state index in [0.717, 1.165) is 18.5 Å². The van der Waals surface area contributed by atoms with E-state index in [2.05, 4.69) is 20.7 Å². The number of hydrazone groups is 1. The van der Waals surface area contributed by atoms with Crippen LogP contribution in [0.2, 0.25) is 0 Å². The van der Waals surface area contributed by atoms with Crippen molar-refractivity contribution in [1.29, 1.82) is 0 Å². The molecule has 0 aliphatic heterocycles. The summed E-state index contributed by atoms with van der Waals surface area (Å²) in [5.74, 6) is 0. The van der Waals surface area contributed by atoms with Crippen LogP contribution in [0.15, 0.2) is 35.4 Å². The second kappa shape index (κ2) is 8.25. The van der Waals surface area contributed by atoms with Crippen molar-refractivity contribution in [2.75, 3.05) is 27.2 Å². The Hall–Kier alpha value is -1.88. The SMILES string of the molecule is CN(C)CCCNC(=O)N/N=C/c1ccccc1. The Kier molecular flexibility index (Phi) is 6.50. The quantitative estimate of drug-likeness (QED) is 0.452. The van der Waals surface area contributed by atoms with E-state index < -0.39 is 0 Å². The Bertz CT molecular complexity index is 376. The molecule has 2 N–H and O–H groups in total. The van der Waals surface area contributed by atoms with Gasteiger partial charge < -0.3 is 10.2 Å². The molecule has 0 aliphatic carbocycles. The number of urea groups is 1. The molecule has 0 fully saturated rings. The fraction of sp³-hybridized carbons (Fsp3) is 0.385. The molecule has 1 aromatic rings. The second-order valence-electron chi connectivity index (χ2n) is 4.19. The number of benzene rings is 1. The highest BCUT2D eigenvalue weighted by atomic mass is 16.2. The molecule has 18 heavy (non-hydrogen) atoms. The Labute approximate surface area is 108 Å². The van der Waals surface area contributed by atoms with E-state index in [4.69, 9.17) is 0 Å². The highest BCUT2D eigenvalue weighted by Gasteiger charge is 1.96. The number of hydrogen-bond donors (Lipinski definition) is 2. The minimum atomic E-state index is -0.277. The predicted molar refractivity (Wildman–Crippen MR) is 73.7 cm³/mol. The number of carbonyl (C=O) groups excluding carboxylic acids is 1. The molecule has 0 heterocycles. The summed E-state index contributed by atoms with van der Waals surface area (Å²) >= 11 is 0. The van der Waals surface area contributed by atoms with Crippen LogP contribution in [0.4, 0.5) is 4.79 Å². The van der Waals surface area contributed by atoms with Gasteiger partial charge in [-0.25, -0.2) is 10.2 Å². The molecule has 0 aliphatic rings. The van der Waals surface area contributed by atoms with Gasteiger partial charge in [-0.1, -0.05) is 30.3 Å². The lowest BCUT2D eigenvalue weighted by Gasteiger charge is -2.09. The Morgan fingerprint density at radius 2 is 2.06 bits per heavy atom. The standard InChI is InChI=1S/C13H20N4O/c1-17(2)10-6-9-14-13(18)16-15-11-12-7-4-3-5-8-12/h3-5,7-8,11H,6,9-10H2,1-2H3,(H2,14,16,18)/b15-11+. The Balaban J connectivity index is 2.15. The van der Waals surface area contributed by atoms with Crippen molar-refractivity contribution in [1.82, 2.24) is 15.6 Å². The molecule has 0 radical (unpaired) electrons. The molecule has 0 aromatic heterocycles. The molecule has 1 aromatic carbocycles. The zero-order valence-corrected chi connectivity index (χ0v) is 10.9. The van der Waals surface area contributed by atoms with Crippen LogP contribution in [0.3, 0.4) is 0 Å². The molecular formula is C13H20N4O. The van der Waals surface area contributed by atoms with Gasteiger partial charge in [-0.2, -0.15) is 5.10 Å². The highest BCUT2D eigenvalue weighted by molar-refractivity contribution is 5.81. The average molecular weight is 248 g/mol. The van der Waals surface area contributed by atoms with Gasteiger partial charge in [-0.05, 0) is 32.6 Å². The molecule has 0 atom stereocenters. The zero-order chi connectivity index (χ0) is 13.2. The first-order valence-electron chi connectivity index (χ1n) is 5.95. The molecule has 2 amide bonds. The largest absolute Gasteiger partial charge is 0.337 e. The van der Waals surface area contributed by atoms with Gasteiger partial charge in [0, 0.05) is 6.54 Å². The monoisotopic (exact) mass is 248 g/mol. The lowest BCUT2D eigenvalue weighted by Crippen LogP contribution is -2.34. The van der Waals surface area contributed by atoms with Crippen molar-refractivity contribution >= 4 is 12.2 Å². The molecule has 1 rings (SSSR count). The van der Waals surface area contributed by atoms with Gasteiger partial charge in [-0.15, -0.1) is 0 Å². The van der Waals surface area contributed by atoms with Crippen LogP contribution in [0.1, 0.15) is 12.0 Å². The summed E-state index contributed by atoms with van der Waals surface area (Å²) in [5, 5.41) is 6.59. The molecule has 98 valence electrons. The van der Waals surface area contributed by atoms with Crippen LogP contribution in [-0.4, -0.2) is 44.3 Å². The third-order valence-corrected chi connectivity index (χ3v) is 2.25. The molecule has 0 unspecified atom stereocenters. The normalized spacial score (nSPS) is 10.8. The van der Waals surface area contributed by atoms with Crippen LogP contribution < -0.4 is 10.7 Å². The van der Waals surface area contributed by atoms with E-state index in [9.17, 15) is 4.79 Å². The van der Waals surface area contributed by atoms with Crippen molar-refractivity contribution in [2.24, 2.45) is 5.10 Å². The van der Waals surface area contributed by atoms with Gasteiger partial charge in [0.1, 0.15) is 0 Å². The van der Waals surface area contributed by atoms with Crippen LogP contribution >= 0.6 is 0 Å². The second-order valence-corrected chi connectivity index (χ2v) is 4.19. The fourth-order valence-electron chi connectivity index (χ4n) is 1.34. The van der Waals surface area contributed by atoms with Gasteiger partial charge in [-0.3, -0.25) is 0 Å². The number of hydrogen-bond acceptors (Lipinski definition) is 3. The smallest absolute Gasteiger partial charge is 0.335 e. The van der Waals surface area contributed by atoms with E-state index in [1.54, 1.807) is 6.21 Å². The molecule has 5 nitrogen and oxygen atoms in total. The predicted octanol–water partition coefficient (Wildman–Crippen LogP) is 1.27. The lowest BCUT2D eigenvalue weighted by molar-refractivity contribution is 0.240. The van der Waals surface area contributed by atoms with Crippen molar-refractivity contribution in [3.63, 3.8) is 0 Å². The van der Waals surface area contributed by atoms with Gasteiger partial charge in [0.05, 0.1) is 6.21 Å². The summed E-state index contributed by atoms with van der Waals surface area (Å²) in [6, 6.07) is 9.33. The number of carbonyl (C=O) groups is 1. The van der Waals surface area contributed by atoms with Gasteiger partial charge in [0.2, 0.25) is 0 Å². The van der Waals surface area contributed by atoms with E-state index >= 15 is 0 Å². The van der Waals surface area contributed by atoms with E-state index in [0.29, 0.717) is 6.54 Å². The maximum absolute atomic E-state index is 11.3. The minimum Gasteiger partial charge on any atom is -0.337 e. The molecule has 0 saturated carbocycles. The summed E-state index contributed by atoms with van der Waals surface area (Å²) in [7, 11) is 4.01. The molecular weight excluding hydrogens is 228 g/mol. The summed E-state index contributed by atoms with van der Waals surface area (Å²) < 4.78 is 0. The Morgan fingerprint density at radius 1 is 1.33 bits per heavy atom. The summed E-state index contributed by atoms with van der Waals surface area (Å²) in [4.78, 5) is 13.4. The van der Waals surface area contributed by atoms with Crippen LogP contribution in [0, 0.1) is 0 Å². The lowest BCUT2D eigenvalue weighted by atomic mass is 10.2. The van der Waals surface area contributed by atoms with Crippen molar-refractivity contribution in [3.05, 3.63) is 35.9 Å². The van der Waals surface area contributed by atoms with E-state index in [-0.39, 0.29) is 6.03 Å². The number of nitrogens with one attached hydrogen (secondary N) is 2. The molecule has 5 heteroatoms. The number of nitrogens with zero attached hydrogens (tertiary/aromatic N) is 2. The minimum absolute atomic E-state index is 0.277. The third-order valence-electron chi connectivity index (χ3n) is 2.25. The highest BCUT2D eigenvalue weighted by Crippen LogP contribution is 1.92. The van der Waals surface area contributed by atoms with Crippen molar-refractivity contribution in [3.8, 4) is 0 Å². The first-order valence-corrected chi connectivity index (χ1v) is 5.95. The molecule has 0 saturated heterocycles. The summed E-state index contributed by atoms with van der Waals surface area (Å²) in [6.07, 6.45) is 2.53. The molecule has 0 bridgehead atoms. The van der Waals surface area contributed by atoms with Crippen LogP contribution in [-0.2, 0) is 0 Å². The zero-order valence-electron chi connectivity index (χ0n) is 10.9. The first kappa shape index (κ1) is 14.2. The topological polar surface area (TPSA) is 56.7 Å². The van der Waals surface area contributed by atoms with Crippen LogP contribution in [0.5, 0.6) is 0 Å². The first-order chi connectivity index (χ1) is 8.68. The third kappa shape index (κ3) is 6.65. The number of amides is 2. The van der Waals surface area contributed by atoms with Crippen molar-refractivity contribution < 1.29 is 4.79 Å². The molecule has 0 spiro atoms. The van der Waals surface area contributed by atoms with Crippen molar-refractivity contribution in [2.45, 2.75) is 6.42 Å². The van der Waals surface area contributed by atoms with Gasteiger partial charge >= 0.3 is 6.03 Å². The maximum atomic E-state index is 11.3. The fourth-order valence-corrected chi connectivity index (χ4v) is 1.34.